The van der Waals surface area contributed by atoms with Gasteiger partial charge < -0.3 is 15.4 Å². The highest BCUT2D eigenvalue weighted by molar-refractivity contribution is 5.87. The van der Waals surface area contributed by atoms with Crippen LogP contribution < -0.4 is 5.32 Å². The number of aliphatic carboxylic acids is 1. The number of carboxylic acid groups (broad SMARTS) is 1. The Morgan fingerprint density at radius 2 is 2.05 bits per heavy atom. The second-order valence-corrected chi connectivity index (χ2v) is 5.27. The number of carboxylic acids is 1. The van der Waals surface area contributed by atoms with E-state index in [1.165, 1.54) is 0 Å². The predicted molar refractivity (Wildman–Crippen MR) is 81.0 cm³/mol. The van der Waals surface area contributed by atoms with Crippen molar-refractivity contribution in [1.29, 1.82) is 0 Å². The molecule has 0 saturated heterocycles. The van der Waals surface area contributed by atoms with E-state index in [9.17, 15) is 14.7 Å². The lowest BCUT2D eigenvalue weighted by Crippen LogP contribution is -2.44. The molecule has 5 heteroatoms. The molecule has 0 aliphatic heterocycles. The summed E-state index contributed by atoms with van der Waals surface area (Å²) in [5, 5.41) is 12.9. The molecule has 0 radical (unpaired) electrons. The van der Waals surface area contributed by atoms with Crippen LogP contribution in [0.2, 0.25) is 0 Å². The zero-order chi connectivity index (χ0) is 15.4. The molecular formula is C16H20N2O3. The first-order chi connectivity index (χ1) is 10.0. The molecule has 1 amide bonds. The summed E-state index contributed by atoms with van der Waals surface area (Å²) in [7, 11) is 0. The first kappa shape index (κ1) is 15.1. The number of hydrogen-bond acceptors (Lipinski definition) is 2. The minimum atomic E-state index is -1.02. The summed E-state index contributed by atoms with van der Waals surface area (Å²) in [6.45, 7) is 3.69. The largest absolute Gasteiger partial charge is 0.480 e. The Morgan fingerprint density at radius 3 is 2.71 bits per heavy atom. The number of rotatable bonds is 6. The number of benzene rings is 1. The highest BCUT2D eigenvalue weighted by Gasteiger charge is 2.23. The van der Waals surface area contributed by atoms with E-state index in [1.807, 2.05) is 31.2 Å². The van der Waals surface area contributed by atoms with E-state index < -0.39 is 12.0 Å². The Hall–Kier alpha value is -2.30. The quantitative estimate of drug-likeness (QED) is 0.763. The minimum absolute atomic E-state index is 0.185. The van der Waals surface area contributed by atoms with Crippen LogP contribution in [0.3, 0.4) is 0 Å². The smallest absolute Gasteiger partial charge is 0.326 e. The number of aromatic amines is 1. The SMILES string of the molecule is CCC(C)C(=O)NC(Cc1c[nH]c2ccccc12)C(=O)O. The first-order valence-electron chi connectivity index (χ1n) is 7.11. The predicted octanol–water partition coefficient (Wildman–Crippen LogP) is 2.33. The zero-order valence-electron chi connectivity index (χ0n) is 12.2. The van der Waals surface area contributed by atoms with Crippen LogP contribution in [0.25, 0.3) is 10.9 Å². The summed E-state index contributed by atoms with van der Waals surface area (Å²) in [4.78, 5) is 26.4. The number of H-pyrrole nitrogens is 1. The number of amides is 1. The van der Waals surface area contributed by atoms with Gasteiger partial charge in [-0.2, -0.15) is 0 Å². The maximum atomic E-state index is 11.9. The van der Waals surface area contributed by atoms with Crippen LogP contribution >= 0.6 is 0 Å². The van der Waals surface area contributed by atoms with Gasteiger partial charge in [-0.05, 0) is 18.1 Å². The normalized spacial score (nSPS) is 13.8. The van der Waals surface area contributed by atoms with Gasteiger partial charge >= 0.3 is 5.97 Å². The van der Waals surface area contributed by atoms with Crippen molar-refractivity contribution in [3.63, 3.8) is 0 Å². The molecule has 0 bridgehead atoms. The van der Waals surface area contributed by atoms with E-state index in [0.29, 0.717) is 6.42 Å². The molecule has 0 fully saturated rings. The van der Waals surface area contributed by atoms with Crippen molar-refractivity contribution in [3.05, 3.63) is 36.0 Å². The highest BCUT2D eigenvalue weighted by Crippen LogP contribution is 2.19. The Balaban J connectivity index is 2.17. The van der Waals surface area contributed by atoms with Crippen LogP contribution in [-0.4, -0.2) is 28.0 Å². The van der Waals surface area contributed by atoms with E-state index in [2.05, 4.69) is 10.3 Å². The Labute approximate surface area is 123 Å². The third-order valence-corrected chi connectivity index (χ3v) is 3.77. The van der Waals surface area contributed by atoms with Gasteiger partial charge in [-0.3, -0.25) is 4.79 Å². The number of carbonyl (C=O) groups excluding carboxylic acids is 1. The molecule has 2 unspecified atom stereocenters. The number of carbonyl (C=O) groups is 2. The molecule has 112 valence electrons. The molecule has 5 nitrogen and oxygen atoms in total. The van der Waals surface area contributed by atoms with E-state index >= 15 is 0 Å². The molecule has 0 saturated carbocycles. The zero-order valence-corrected chi connectivity index (χ0v) is 12.2. The van der Waals surface area contributed by atoms with E-state index in [4.69, 9.17) is 0 Å². The lowest BCUT2D eigenvalue weighted by Gasteiger charge is -2.16. The van der Waals surface area contributed by atoms with Crippen molar-refractivity contribution >= 4 is 22.8 Å². The van der Waals surface area contributed by atoms with Crippen LogP contribution in [0.4, 0.5) is 0 Å². The van der Waals surface area contributed by atoms with Gasteiger partial charge in [0.25, 0.3) is 0 Å². The maximum Gasteiger partial charge on any atom is 0.326 e. The molecule has 0 spiro atoms. The fourth-order valence-corrected chi connectivity index (χ4v) is 2.22. The van der Waals surface area contributed by atoms with Crippen molar-refractivity contribution in [2.24, 2.45) is 5.92 Å². The van der Waals surface area contributed by atoms with E-state index in [1.54, 1.807) is 13.1 Å². The fraction of sp³-hybridized carbons (Fsp3) is 0.375. The van der Waals surface area contributed by atoms with Crippen LogP contribution in [0.15, 0.2) is 30.5 Å². The summed E-state index contributed by atoms with van der Waals surface area (Å²) in [6, 6.07) is 6.80. The summed E-state index contributed by atoms with van der Waals surface area (Å²) < 4.78 is 0. The molecule has 1 aromatic heterocycles. The maximum absolute atomic E-state index is 11.9. The Bertz CT molecular complexity index is 648. The van der Waals surface area contributed by atoms with Gasteiger partial charge in [-0.25, -0.2) is 4.79 Å². The number of para-hydroxylation sites is 1. The topological polar surface area (TPSA) is 82.2 Å². The number of nitrogens with one attached hydrogen (secondary N) is 2. The van der Waals surface area contributed by atoms with Gasteiger partial charge in [-0.15, -0.1) is 0 Å². The van der Waals surface area contributed by atoms with Gasteiger partial charge in [0.15, 0.2) is 0 Å². The second-order valence-electron chi connectivity index (χ2n) is 5.27. The number of hydrogen-bond donors (Lipinski definition) is 3. The van der Waals surface area contributed by atoms with Crippen molar-refractivity contribution in [2.75, 3.05) is 0 Å². The van der Waals surface area contributed by atoms with Gasteiger partial charge in [0.05, 0.1) is 0 Å². The molecular weight excluding hydrogens is 268 g/mol. The van der Waals surface area contributed by atoms with E-state index in [-0.39, 0.29) is 18.2 Å². The molecule has 1 aromatic carbocycles. The van der Waals surface area contributed by atoms with Gasteiger partial charge in [0.2, 0.25) is 5.91 Å². The monoisotopic (exact) mass is 288 g/mol. The van der Waals surface area contributed by atoms with Crippen LogP contribution in [0.1, 0.15) is 25.8 Å². The Kier molecular flexibility index (Phi) is 4.62. The van der Waals surface area contributed by atoms with Crippen molar-refractivity contribution in [3.8, 4) is 0 Å². The third kappa shape index (κ3) is 3.42. The average Bonchev–Trinajstić information content (AvgIpc) is 2.88. The lowest BCUT2D eigenvalue weighted by molar-refractivity contribution is -0.142. The molecule has 21 heavy (non-hydrogen) atoms. The molecule has 0 aliphatic rings. The van der Waals surface area contributed by atoms with E-state index in [0.717, 1.165) is 16.5 Å². The fourth-order valence-electron chi connectivity index (χ4n) is 2.22. The average molecular weight is 288 g/mol. The third-order valence-electron chi connectivity index (χ3n) is 3.77. The second kappa shape index (κ2) is 6.43. The van der Waals surface area contributed by atoms with Crippen molar-refractivity contribution in [1.82, 2.24) is 10.3 Å². The highest BCUT2D eigenvalue weighted by atomic mass is 16.4. The van der Waals surface area contributed by atoms with Gasteiger partial charge in [-0.1, -0.05) is 32.0 Å². The first-order valence-corrected chi connectivity index (χ1v) is 7.11. The summed E-state index contributed by atoms with van der Waals surface area (Å²) in [6.07, 6.45) is 2.75. The minimum Gasteiger partial charge on any atom is -0.480 e. The van der Waals surface area contributed by atoms with Crippen molar-refractivity contribution < 1.29 is 14.7 Å². The summed E-state index contributed by atoms with van der Waals surface area (Å²) >= 11 is 0. The molecule has 2 aromatic rings. The van der Waals surface area contributed by atoms with Crippen LogP contribution in [-0.2, 0) is 16.0 Å². The lowest BCUT2D eigenvalue weighted by atomic mass is 10.0. The van der Waals surface area contributed by atoms with Crippen molar-refractivity contribution in [2.45, 2.75) is 32.7 Å². The van der Waals surface area contributed by atoms with Gasteiger partial charge in [0, 0.05) is 29.4 Å². The standard InChI is InChI=1S/C16H20N2O3/c1-3-10(2)15(19)18-14(16(20)21)8-11-9-17-13-7-5-4-6-12(11)13/h4-7,9-10,14,17H,3,8H2,1-2H3,(H,18,19)(H,20,21). The number of aromatic nitrogens is 1. The molecule has 3 N–H and O–H groups in total. The Morgan fingerprint density at radius 1 is 1.33 bits per heavy atom. The van der Waals surface area contributed by atoms with Gasteiger partial charge in [0.1, 0.15) is 6.04 Å². The molecule has 1 heterocycles. The van der Waals surface area contributed by atoms with Crippen LogP contribution in [0, 0.1) is 5.92 Å². The molecule has 2 rings (SSSR count). The van der Waals surface area contributed by atoms with Crippen LogP contribution in [0.5, 0.6) is 0 Å². The summed E-state index contributed by atoms with van der Waals surface area (Å²) in [5.41, 5.74) is 1.85. The summed E-state index contributed by atoms with van der Waals surface area (Å²) in [5.74, 6) is -1.42. The number of fused-ring (bicyclic) bond motifs is 1. The molecule has 0 aliphatic carbocycles. The molecule has 2 atom stereocenters.